The molecule has 0 aromatic heterocycles. The summed E-state index contributed by atoms with van der Waals surface area (Å²) in [5.41, 5.74) is 1.32. The van der Waals surface area contributed by atoms with Gasteiger partial charge in [0.05, 0.1) is 0 Å². The molecule has 0 aliphatic heterocycles. The predicted octanol–water partition coefficient (Wildman–Crippen LogP) is 4.06. The molecule has 0 saturated heterocycles. The van der Waals surface area contributed by atoms with E-state index in [0.717, 1.165) is 0 Å². The monoisotopic (exact) mass is 394 g/mol. The SMILES string of the molecule is Cc1ccccc1.[Cl][Au]([Cl])[Cl]. The number of halogens is 3. The first-order chi connectivity index (χ1) is 5.13. The van der Waals surface area contributed by atoms with E-state index in [4.69, 9.17) is 27.6 Å². The molecule has 0 saturated carbocycles. The molecule has 1 aromatic rings. The van der Waals surface area contributed by atoms with Gasteiger partial charge in [-0.3, -0.25) is 0 Å². The molecule has 4 heteroatoms. The molecule has 0 unspecified atom stereocenters. The summed E-state index contributed by atoms with van der Waals surface area (Å²) in [6.45, 7) is 2.08. The number of rotatable bonds is 0. The van der Waals surface area contributed by atoms with E-state index >= 15 is 0 Å². The third-order valence-electron chi connectivity index (χ3n) is 0.940. The Kier molecular flexibility index (Phi) is 8.04. The molecule has 0 N–H and O–H groups in total. The van der Waals surface area contributed by atoms with Crippen molar-refractivity contribution in [3.05, 3.63) is 35.9 Å². The molecule has 1 aromatic carbocycles. The Hall–Kier alpha value is 0.830. The fourth-order valence-electron chi connectivity index (χ4n) is 0.534. The summed E-state index contributed by atoms with van der Waals surface area (Å²) in [6, 6.07) is 10.3. The molecule has 0 aliphatic carbocycles. The first-order valence-corrected chi connectivity index (χ1v) is 10.8. The van der Waals surface area contributed by atoms with Crippen LogP contribution in [0.5, 0.6) is 0 Å². The van der Waals surface area contributed by atoms with E-state index in [9.17, 15) is 0 Å². The van der Waals surface area contributed by atoms with Gasteiger partial charge in [0, 0.05) is 0 Å². The summed E-state index contributed by atoms with van der Waals surface area (Å²) in [5, 5.41) is 0. The Balaban J connectivity index is 0.000000218. The van der Waals surface area contributed by atoms with Crippen LogP contribution in [0, 0.1) is 6.92 Å². The van der Waals surface area contributed by atoms with Crippen LogP contribution in [-0.2, 0) is 15.2 Å². The van der Waals surface area contributed by atoms with Crippen molar-refractivity contribution < 1.29 is 15.2 Å². The number of aryl methyl sites for hydroxylation is 1. The van der Waals surface area contributed by atoms with Crippen LogP contribution in [0.1, 0.15) is 5.56 Å². The second-order valence-corrected chi connectivity index (χ2v) is 11.2. The molecule has 0 spiro atoms. The normalized spacial score (nSPS) is 9.64. The number of benzene rings is 1. The van der Waals surface area contributed by atoms with Gasteiger partial charge >= 0.3 is 42.8 Å². The van der Waals surface area contributed by atoms with Crippen LogP contribution in [0.25, 0.3) is 0 Å². The van der Waals surface area contributed by atoms with E-state index in [0.29, 0.717) is 0 Å². The van der Waals surface area contributed by atoms with Crippen LogP contribution >= 0.6 is 27.6 Å². The van der Waals surface area contributed by atoms with Crippen molar-refractivity contribution >= 4 is 27.6 Å². The molecule has 0 atom stereocenters. The summed E-state index contributed by atoms with van der Waals surface area (Å²) in [7, 11) is 14.9. The summed E-state index contributed by atoms with van der Waals surface area (Å²) >= 11 is -1.79. The topological polar surface area (TPSA) is 0 Å². The zero-order valence-electron chi connectivity index (χ0n) is 5.82. The maximum absolute atomic E-state index is 4.95. The Morgan fingerprint density at radius 1 is 1.00 bits per heavy atom. The Labute approximate surface area is 85.1 Å². The van der Waals surface area contributed by atoms with Crippen molar-refractivity contribution in [3.8, 4) is 0 Å². The van der Waals surface area contributed by atoms with Gasteiger partial charge in [-0.1, -0.05) is 35.9 Å². The second kappa shape index (κ2) is 7.48. The zero-order valence-corrected chi connectivity index (χ0v) is 10.3. The summed E-state index contributed by atoms with van der Waals surface area (Å²) in [6.07, 6.45) is 0. The molecule has 1 rings (SSSR count). The molecule has 0 aliphatic rings. The van der Waals surface area contributed by atoms with Gasteiger partial charge in [0.1, 0.15) is 0 Å². The third-order valence-corrected chi connectivity index (χ3v) is 0.940. The average Bonchev–Trinajstić information content (AvgIpc) is 1.87. The minimum absolute atomic E-state index is 1.32. The maximum atomic E-state index is 4.95. The Bertz CT molecular complexity index is 174. The van der Waals surface area contributed by atoms with Crippen LogP contribution in [0.15, 0.2) is 30.3 Å². The average molecular weight is 395 g/mol. The molecule has 0 nitrogen and oxygen atoms in total. The van der Waals surface area contributed by atoms with Gasteiger partial charge in [0.15, 0.2) is 0 Å². The fraction of sp³-hybridized carbons (Fsp3) is 0.143. The molecule has 11 heavy (non-hydrogen) atoms. The first kappa shape index (κ1) is 11.8. The van der Waals surface area contributed by atoms with Crippen molar-refractivity contribution in [2.24, 2.45) is 0 Å². The zero-order chi connectivity index (χ0) is 8.69. The summed E-state index contributed by atoms with van der Waals surface area (Å²) < 4.78 is 0. The van der Waals surface area contributed by atoms with Crippen LogP contribution < -0.4 is 0 Å². The number of hydrogen-bond acceptors (Lipinski definition) is 0. The molecule has 0 radical (unpaired) electrons. The summed E-state index contributed by atoms with van der Waals surface area (Å²) in [4.78, 5) is 0. The van der Waals surface area contributed by atoms with Crippen LogP contribution in [0.2, 0.25) is 0 Å². The van der Waals surface area contributed by atoms with E-state index in [-0.39, 0.29) is 0 Å². The van der Waals surface area contributed by atoms with Crippen molar-refractivity contribution in [1.29, 1.82) is 0 Å². The molecule has 0 amide bonds. The number of hydrogen-bond donors (Lipinski definition) is 0. The van der Waals surface area contributed by atoms with Crippen molar-refractivity contribution in [2.45, 2.75) is 6.92 Å². The van der Waals surface area contributed by atoms with Gasteiger partial charge in [0.2, 0.25) is 0 Å². The van der Waals surface area contributed by atoms with Crippen LogP contribution in [-0.4, -0.2) is 0 Å². The Morgan fingerprint density at radius 3 is 1.55 bits per heavy atom. The quantitative estimate of drug-likeness (QED) is 0.581. The molecule has 0 fully saturated rings. The third kappa shape index (κ3) is 10.8. The van der Waals surface area contributed by atoms with Gasteiger partial charge < -0.3 is 0 Å². The first-order valence-electron chi connectivity index (χ1n) is 2.75. The van der Waals surface area contributed by atoms with Gasteiger partial charge in [-0.25, -0.2) is 0 Å². The fourth-order valence-corrected chi connectivity index (χ4v) is 0.534. The molecular formula is C7H8AuCl3. The van der Waals surface area contributed by atoms with Crippen LogP contribution in [0.3, 0.4) is 0 Å². The van der Waals surface area contributed by atoms with E-state index in [1.54, 1.807) is 0 Å². The van der Waals surface area contributed by atoms with E-state index in [1.165, 1.54) is 5.56 Å². The molecular weight excluding hydrogens is 387 g/mol. The summed E-state index contributed by atoms with van der Waals surface area (Å²) in [5.74, 6) is 0. The van der Waals surface area contributed by atoms with Crippen LogP contribution in [0.4, 0.5) is 0 Å². The van der Waals surface area contributed by atoms with Gasteiger partial charge in [-0.2, -0.15) is 0 Å². The van der Waals surface area contributed by atoms with Gasteiger partial charge in [-0.05, 0) is 6.92 Å². The molecule has 68 valence electrons. The van der Waals surface area contributed by atoms with E-state index < -0.39 is 15.2 Å². The second-order valence-electron chi connectivity index (χ2n) is 1.78. The molecule has 0 bridgehead atoms. The molecule has 0 heterocycles. The van der Waals surface area contributed by atoms with Crippen molar-refractivity contribution in [3.63, 3.8) is 0 Å². The van der Waals surface area contributed by atoms with Crippen molar-refractivity contribution in [2.75, 3.05) is 0 Å². The Morgan fingerprint density at radius 2 is 1.36 bits per heavy atom. The minimum atomic E-state index is -1.79. The standard InChI is InChI=1S/C7H8.Au.3ClH/c1-7-5-3-2-4-6-7;;;;/h2-6H,1H3;;3*1H/q;+3;;;/p-3. The van der Waals surface area contributed by atoms with Gasteiger partial charge in [-0.15, -0.1) is 0 Å². The van der Waals surface area contributed by atoms with E-state index in [2.05, 4.69) is 19.1 Å². The van der Waals surface area contributed by atoms with Gasteiger partial charge in [0.25, 0.3) is 0 Å². The van der Waals surface area contributed by atoms with E-state index in [1.807, 2.05) is 18.2 Å². The van der Waals surface area contributed by atoms with Crippen molar-refractivity contribution in [1.82, 2.24) is 0 Å². The predicted molar refractivity (Wildman–Crippen MR) is 48.7 cm³/mol.